The number of hydrogen-bond acceptors (Lipinski definition) is 5. The molecule has 0 aliphatic rings. The molecule has 0 bridgehead atoms. The van der Waals surface area contributed by atoms with Gasteiger partial charge in [-0.05, 0) is 43.4 Å². The Hall–Kier alpha value is -2.44. The maximum absolute atomic E-state index is 12.1. The van der Waals surface area contributed by atoms with E-state index in [4.69, 9.17) is 10.4 Å². The van der Waals surface area contributed by atoms with Crippen molar-refractivity contribution < 1.29 is 23.1 Å². The number of aliphatic carboxylic acids is 1. The van der Waals surface area contributed by atoms with Gasteiger partial charge in [0.15, 0.2) is 0 Å². The van der Waals surface area contributed by atoms with E-state index >= 15 is 0 Å². The summed E-state index contributed by atoms with van der Waals surface area (Å²) in [5, 5.41) is 20.1. The smallest absolute Gasteiger partial charge is 0.303 e. The minimum atomic E-state index is -3.62. The van der Waals surface area contributed by atoms with Gasteiger partial charge in [-0.15, -0.1) is 0 Å². The largest absolute Gasteiger partial charge is 0.481 e. The molecule has 0 radical (unpaired) electrons. The molecule has 1 aromatic rings. The zero-order chi connectivity index (χ0) is 19.6. The van der Waals surface area contributed by atoms with E-state index in [9.17, 15) is 18.0 Å². The molecule has 1 aromatic carbocycles. The molecule has 0 fully saturated rings. The Bertz CT molecular complexity index is 754. The molecule has 1 rings (SSSR count). The van der Waals surface area contributed by atoms with Crippen LogP contribution in [-0.2, 0) is 26.0 Å². The minimum Gasteiger partial charge on any atom is -0.481 e. The number of hydrogen-bond donors (Lipinski definition) is 3. The monoisotopic (exact) mass is 381 g/mol. The van der Waals surface area contributed by atoms with Crippen molar-refractivity contribution in [2.24, 2.45) is 0 Å². The number of benzene rings is 1. The van der Waals surface area contributed by atoms with Gasteiger partial charge in [-0.3, -0.25) is 9.59 Å². The summed E-state index contributed by atoms with van der Waals surface area (Å²) in [7, 11) is -3.62. The summed E-state index contributed by atoms with van der Waals surface area (Å²) >= 11 is 0. The van der Waals surface area contributed by atoms with Crippen molar-refractivity contribution in [2.75, 3.05) is 12.8 Å². The number of rotatable bonds is 11. The summed E-state index contributed by atoms with van der Waals surface area (Å²) in [6.45, 7) is 0.365. The Labute approximate surface area is 153 Å². The van der Waals surface area contributed by atoms with E-state index in [1.807, 2.05) is 12.1 Å². The van der Waals surface area contributed by atoms with Gasteiger partial charge in [-0.2, -0.15) is 5.26 Å². The molecule has 0 spiro atoms. The second-order valence-electron chi connectivity index (χ2n) is 5.93. The van der Waals surface area contributed by atoms with E-state index < -0.39 is 27.9 Å². The number of carboxylic acid groups (broad SMARTS) is 1. The highest BCUT2D eigenvalue weighted by molar-refractivity contribution is 7.88. The molecular weight excluding hydrogens is 358 g/mol. The molecule has 0 aliphatic carbocycles. The molecule has 0 heterocycles. The Balaban J connectivity index is 2.38. The van der Waals surface area contributed by atoms with Crippen molar-refractivity contribution in [1.29, 1.82) is 5.26 Å². The Morgan fingerprint density at radius 1 is 1.23 bits per heavy atom. The number of unbranched alkanes of at least 4 members (excludes halogenated alkanes) is 1. The van der Waals surface area contributed by atoms with E-state index in [0.29, 0.717) is 18.5 Å². The lowest BCUT2D eigenvalue weighted by Gasteiger charge is -2.16. The second kappa shape index (κ2) is 10.5. The lowest BCUT2D eigenvalue weighted by Crippen LogP contribution is -2.46. The van der Waals surface area contributed by atoms with Crippen molar-refractivity contribution in [2.45, 2.75) is 38.1 Å². The van der Waals surface area contributed by atoms with Crippen LogP contribution < -0.4 is 10.0 Å². The number of carbonyl (C=O) groups excluding carboxylic acids is 1. The molecule has 1 atom stereocenters. The number of carboxylic acids is 1. The third-order valence-corrected chi connectivity index (χ3v) is 4.31. The second-order valence-corrected chi connectivity index (χ2v) is 7.71. The normalized spacial score (nSPS) is 12.2. The van der Waals surface area contributed by atoms with Gasteiger partial charge in [0.25, 0.3) is 0 Å². The summed E-state index contributed by atoms with van der Waals surface area (Å²) in [6.07, 6.45) is 2.80. The third kappa shape index (κ3) is 9.15. The quantitative estimate of drug-likeness (QED) is 0.485. The lowest BCUT2D eigenvalue weighted by atomic mass is 10.1. The van der Waals surface area contributed by atoms with Crippen molar-refractivity contribution in [3.8, 4) is 6.07 Å². The van der Waals surface area contributed by atoms with E-state index in [1.165, 1.54) is 0 Å². The van der Waals surface area contributed by atoms with Gasteiger partial charge in [0.1, 0.15) is 6.04 Å². The van der Waals surface area contributed by atoms with Crippen LogP contribution in [0.3, 0.4) is 0 Å². The first-order valence-electron chi connectivity index (χ1n) is 8.17. The van der Waals surface area contributed by atoms with Crippen molar-refractivity contribution in [3.05, 3.63) is 35.4 Å². The highest BCUT2D eigenvalue weighted by Crippen LogP contribution is 2.07. The Morgan fingerprint density at radius 3 is 2.42 bits per heavy atom. The lowest BCUT2D eigenvalue weighted by molar-refractivity contribution is -0.137. The summed E-state index contributed by atoms with van der Waals surface area (Å²) in [5.74, 6) is -1.63. The highest BCUT2D eigenvalue weighted by atomic mass is 32.2. The molecule has 8 nitrogen and oxygen atoms in total. The average molecular weight is 381 g/mol. The fraction of sp³-hybridized carbons (Fsp3) is 0.471. The topological polar surface area (TPSA) is 136 Å². The van der Waals surface area contributed by atoms with Gasteiger partial charge in [-0.25, -0.2) is 13.1 Å². The molecule has 142 valence electrons. The van der Waals surface area contributed by atoms with Crippen LogP contribution in [0.2, 0.25) is 0 Å². The first kappa shape index (κ1) is 21.6. The molecular formula is C17H23N3O5S. The number of amides is 1. The van der Waals surface area contributed by atoms with Gasteiger partial charge < -0.3 is 10.4 Å². The van der Waals surface area contributed by atoms with Crippen LogP contribution in [0.15, 0.2) is 24.3 Å². The van der Waals surface area contributed by atoms with Gasteiger partial charge in [0, 0.05) is 13.0 Å². The molecule has 0 aliphatic heterocycles. The van der Waals surface area contributed by atoms with Crippen LogP contribution in [0, 0.1) is 11.3 Å². The fourth-order valence-corrected chi connectivity index (χ4v) is 3.05. The summed E-state index contributed by atoms with van der Waals surface area (Å²) in [5.41, 5.74) is 1.69. The molecule has 1 unspecified atom stereocenters. The number of nitrogens with one attached hydrogen (secondary N) is 2. The van der Waals surface area contributed by atoms with Gasteiger partial charge >= 0.3 is 5.97 Å². The van der Waals surface area contributed by atoms with E-state index in [1.54, 1.807) is 12.1 Å². The van der Waals surface area contributed by atoms with Gasteiger partial charge in [-0.1, -0.05) is 12.1 Å². The number of nitrogens with zero attached hydrogens (tertiary/aromatic N) is 1. The predicted molar refractivity (Wildman–Crippen MR) is 95.7 cm³/mol. The number of sulfonamides is 1. The number of aryl methyl sites for hydroxylation is 1. The zero-order valence-electron chi connectivity index (χ0n) is 14.6. The molecule has 3 N–H and O–H groups in total. The van der Waals surface area contributed by atoms with Crippen LogP contribution in [0.25, 0.3) is 0 Å². The average Bonchev–Trinajstić information content (AvgIpc) is 2.57. The van der Waals surface area contributed by atoms with Crippen LogP contribution >= 0.6 is 0 Å². The molecule has 9 heteroatoms. The van der Waals surface area contributed by atoms with Crippen molar-refractivity contribution in [3.63, 3.8) is 0 Å². The summed E-state index contributed by atoms with van der Waals surface area (Å²) in [4.78, 5) is 22.7. The molecule has 0 saturated heterocycles. The van der Waals surface area contributed by atoms with Crippen molar-refractivity contribution >= 4 is 21.9 Å². The molecule has 0 saturated carbocycles. The number of carbonyl (C=O) groups is 2. The summed E-state index contributed by atoms with van der Waals surface area (Å²) in [6, 6.07) is 8.23. The van der Waals surface area contributed by atoms with Crippen LogP contribution in [0.4, 0.5) is 0 Å². The molecule has 26 heavy (non-hydrogen) atoms. The predicted octanol–water partition coefficient (Wildman–Crippen LogP) is 0.780. The minimum absolute atomic E-state index is 0.112. The van der Waals surface area contributed by atoms with Gasteiger partial charge in [0.05, 0.1) is 17.9 Å². The maximum Gasteiger partial charge on any atom is 0.303 e. The SMILES string of the molecule is CS(=O)(=O)NC(CCC(=O)O)C(=O)NCCCCc1ccc(C#N)cc1. The van der Waals surface area contributed by atoms with Crippen LogP contribution in [-0.4, -0.2) is 44.2 Å². The standard InChI is InChI=1S/C17H23N3O5S/c1-26(24,25)20-15(9-10-16(21)22)17(23)19-11-3-2-4-13-5-7-14(12-18)8-6-13/h5-8,15,20H,2-4,9-11H2,1H3,(H,19,23)(H,21,22). The Kier molecular flexibility index (Phi) is 8.75. The van der Waals surface area contributed by atoms with E-state index in [-0.39, 0.29) is 12.8 Å². The third-order valence-electron chi connectivity index (χ3n) is 3.59. The zero-order valence-corrected chi connectivity index (χ0v) is 15.4. The first-order chi connectivity index (χ1) is 12.2. The first-order valence-corrected chi connectivity index (χ1v) is 10.1. The highest BCUT2D eigenvalue weighted by Gasteiger charge is 2.22. The van der Waals surface area contributed by atoms with Crippen LogP contribution in [0.5, 0.6) is 0 Å². The van der Waals surface area contributed by atoms with Gasteiger partial charge in [0.2, 0.25) is 15.9 Å². The van der Waals surface area contributed by atoms with E-state index in [2.05, 4.69) is 16.1 Å². The number of nitriles is 1. The van der Waals surface area contributed by atoms with Crippen LogP contribution in [0.1, 0.15) is 36.8 Å². The Morgan fingerprint density at radius 2 is 1.88 bits per heavy atom. The van der Waals surface area contributed by atoms with E-state index in [0.717, 1.165) is 24.7 Å². The summed E-state index contributed by atoms with van der Waals surface area (Å²) < 4.78 is 24.8. The fourth-order valence-electron chi connectivity index (χ4n) is 2.30. The van der Waals surface area contributed by atoms with Crippen molar-refractivity contribution in [1.82, 2.24) is 10.0 Å². The molecule has 1 amide bonds. The molecule has 0 aromatic heterocycles. The maximum atomic E-state index is 12.1.